The lowest BCUT2D eigenvalue weighted by atomic mass is 9.71. The molecule has 0 bridgehead atoms. The van der Waals surface area contributed by atoms with Crippen molar-refractivity contribution in [1.82, 2.24) is 4.90 Å². The molecular formula is C26H34ClNO3. The molecule has 2 aromatic carbocycles. The van der Waals surface area contributed by atoms with Crippen LogP contribution in [0.2, 0.25) is 0 Å². The average molecular weight is 444 g/mol. The van der Waals surface area contributed by atoms with Crippen molar-refractivity contribution < 1.29 is 14.6 Å². The van der Waals surface area contributed by atoms with Crippen LogP contribution in [0.5, 0.6) is 5.75 Å². The quantitative estimate of drug-likeness (QED) is 0.611. The van der Waals surface area contributed by atoms with Crippen LogP contribution in [-0.2, 0) is 11.2 Å². The number of likely N-dealkylation sites (N-methyl/N-ethyl adjacent to an activating group) is 1. The Morgan fingerprint density at radius 1 is 1.06 bits per heavy atom. The third-order valence-corrected chi connectivity index (χ3v) is 6.67. The van der Waals surface area contributed by atoms with E-state index in [0.717, 1.165) is 25.1 Å². The molecule has 5 heteroatoms. The lowest BCUT2D eigenvalue weighted by molar-refractivity contribution is -0.138. The minimum absolute atomic E-state index is 0. The first-order chi connectivity index (χ1) is 14.6. The first kappa shape index (κ1) is 23.6. The minimum atomic E-state index is -0.769. The summed E-state index contributed by atoms with van der Waals surface area (Å²) in [5, 5.41) is 9.16. The summed E-state index contributed by atoms with van der Waals surface area (Å²) in [5.74, 6) is 0.924. The van der Waals surface area contributed by atoms with Crippen molar-refractivity contribution in [2.45, 2.75) is 57.0 Å². The normalized spacial score (nSPS) is 21.2. The van der Waals surface area contributed by atoms with Crippen LogP contribution in [0.1, 0.15) is 61.1 Å². The highest BCUT2D eigenvalue weighted by Gasteiger charge is 2.32. The van der Waals surface area contributed by atoms with Crippen LogP contribution in [0.4, 0.5) is 0 Å². The number of nitrogens with zero attached hydrogens (tertiary/aromatic N) is 1. The fourth-order valence-corrected chi connectivity index (χ4v) is 5.32. The van der Waals surface area contributed by atoms with Gasteiger partial charge in [-0.05, 0) is 80.3 Å². The molecule has 0 radical (unpaired) electrons. The Morgan fingerprint density at radius 2 is 1.81 bits per heavy atom. The molecule has 0 spiro atoms. The number of rotatable bonds is 7. The van der Waals surface area contributed by atoms with E-state index in [9.17, 15) is 4.79 Å². The van der Waals surface area contributed by atoms with Gasteiger partial charge in [0, 0.05) is 12.5 Å². The van der Waals surface area contributed by atoms with E-state index >= 15 is 0 Å². The molecule has 2 aliphatic rings. The first-order valence-electron chi connectivity index (χ1n) is 11.3. The number of ether oxygens (including phenoxy) is 1. The zero-order chi connectivity index (χ0) is 20.9. The summed E-state index contributed by atoms with van der Waals surface area (Å²) in [7, 11) is 1.91. The summed E-state index contributed by atoms with van der Waals surface area (Å²) in [6.45, 7) is 0.866. The molecule has 0 heterocycles. The number of hydrogen-bond acceptors (Lipinski definition) is 3. The lowest BCUT2D eigenvalue weighted by Crippen LogP contribution is -2.35. The summed E-state index contributed by atoms with van der Waals surface area (Å²) in [4.78, 5) is 13.1. The van der Waals surface area contributed by atoms with E-state index in [-0.39, 0.29) is 24.9 Å². The Hall–Kier alpha value is -2.04. The standard InChI is InChI=1S/C26H33NO3.ClH/c1-27(18-25(28)29)17-21-13-12-20-16-23(30-22-10-6-3-7-11-22)14-15-24(20)26(21)19-8-4-2-5-9-19;/h2,4-5,8-9,14-16,21-22,26H,3,6-7,10-13,17-18H2,1H3,(H,28,29);1H/t21-,26+;/m1./s1. The number of benzene rings is 2. The molecule has 2 aromatic rings. The SMILES string of the molecule is CN(CC(=O)O)C[C@H]1CCc2cc(OC3CCCCC3)ccc2[C@H]1c1ccccc1.Cl. The van der Waals surface area contributed by atoms with Gasteiger partial charge in [0.15, 0.2) is 0 Å². The Kier molecular flexibility index (Phi) is 8.39. The topological polar surface area (TPSA) is 49.8 Å². The maximum Gasteiger partial charge on any atom is 0.317 e. The Bertz CT molecular complexity index is 851. The highest BCUT2D eigenvalue weighted by atomic mass is 35.5. The molecule has 0 unspecified atom stereocenters. The van der Waals surface area contributed by atoms with Gasteiger partial charge in [0.05, 0.1) is 12.6 Å². The van der Waals surface area contributed by atoms with Gasteiger partial charge in [-0.25, -0.2) is 0 Å². The van der Waals surface area contributed by atoms with Crippen LogP contribution in [0.3, 0.4) is 0 Å². The summed E-state index contributed by atoms with van der Waals surface area (Å²) in [6, 6.07) is 17.3. The first-order valence-corrected chi connectivity index (χ1v) is 11.3. The second-order valence-corrected chi connectivity index (χ2v) is 9.02. The summed E-state index contributed by atoms with van der Waals surface area (Å²) in [5.41, 5.74) is 4.07. The lowest BCUT2D eigenvalue weighted by Gasteiger charge is -2.36. The molecule has 1 fully saturated rings. The van der Waals surface area contributed by atoms with Gasteiger partial charge in [-0.15, -0.1) is 12.4 Å². The van der Waals surface area contributed by atoms with Crippen LogP contribution in [0, 0.1) is 5.92 Å². The highest BCUT2D eigenvalue weighted by Crippen LogP contribution is 2.42. The minimum Gasteiger partial charge on any atom is -0.490 e. The number of aryl methyl sites for hydroxylation is 1. The van der Waals surface area contributed by atoms with Gasteiger partial charge in [-0.3, -0.25) is 9.69 Å². The third kappa shape index (κ3) is 6.02. The van der Waals surface area contributed by atoms with Crippen molar-refractivity contribution >= 4 is 18.4 Å². The molecule has 2 aliphatic carbocycles. The van der Waals surface area contributed by atoms with Crippen molar-refractivity contribution in [3.8, 4) is 5.75 Å². The zero-order valence-corrected chi connectivity index (χ0v) is 19.2. The molecule has 1 saturated carbocycles. The molecule has 2 atom stereocenters. The molecule has 0 aliphatic heterocycles. The number of hydrogen-bond donors (Lipinski definition) is 1. The number of halogens is 1. The molecule has 1 N–H and O–H groups in total. The van der Waals surface area contributed by atoms with E-state index in [2.05, 4.69) is 48.5 Å². The average Bonchev–Trinajstić information content (AvgIpc) is 2.74. The predicted octanol–water partition coefficient (Wildman–Crippen LogP) is 5.53. The number of carboxylic acid groups (broad SMARTS) is 1. The number of aliphatic carboxylic acids is 1. The van der Waals surface area contributed by atoms with Gasteiger partial charge in [0.2, 0.25) is 0 Å². The van der Waals surface area contributed by atoms with Crippen LogP contribution < -0.4 is 4.74 Å². The summed E-state index contributed by atoms with van der Waals surface area (Å²) < 4.78 is 6.32. The Labute approximate surface area is 192 Å². The molecule has 0 aromatic heterocycles. The molecule has 4 rings (SSSR count). The van der Waals surface area contributed by atoms with E-state index < -0.39 is 5.97 Å². The second kappa shape index (κ2) is 11.0. The van der Waals surface area contributed by atoms with E-state index in [0.29, 0.717) is 12.0 Å². The zero-order valence-electron chi connectivity index (χ0n) is 18.3. The largest absolute Gasteiger partial charge is 0.490 e. The number of carbonyl (C=O) groups is 1. The van der Waals surface area contributed by atoms with Gasteiger partial charge in [0.1, 0.15) is 5.75 Å². The molecule has 0 amide bonds. The van der Waals surface area contributed by atoms with Gasteiger partial charge in [-0.1, -0.05) is 42.8 Å². The fraction of sp³-hybridized carbons (Fsp3) is 0.500. The molecule has 0 saturated heterocycles. The van der Waals surface area contributed by atoms with Crippen LogP contribution in [-0.4, -0.2) is 42.2 Å². The van der Waals surface area contributed by atoms with Gasteiger partial charge >= 0.3 is 5.97 Å². The van der Waals surface area contributed by atoms with E-state index in [1.807, 2.05) is 11.9 Å². The van der Waals surface area contributed by atoms with E-state index in [1.54, 1.807) is 0 Å². The van der Waals surface area contributed by atoms with Crippen molar-refractivity contribution in [2.24, 2.45) is 5.92 Å². The van der Waals surface area contributed by atoms with Crippen molar-refractivity contribution in [3.05, 3.63) is 65.2 Å². The predicted molar refractivity (Wildman–Crippen MR) is 126 cm³/mol. The van der Waals surface area contributed by atoms with Gasteiger partial charge < -0.3 is 9.84 Å². The van der Waals surface area contributed by atoms with Crippen molar-refractivity contribution in [2.75, 3.05) is 20.1 Å². The Balaban J connectivity index is 0.00000272. The van der Waals surface area contributed by atoms with Gasteiger partial charge in [-0.2, -0.15) is 0 Å². The molecule has 4 nitrogen and oxygen atoms in total. The van der Waals surface area contributed by atoms with Crippen molar-refractivity contribution in [3.63, 3.8) is 0 Å². The molecule has 168 valence electrons. The van der Waals surface area contributed by atoms with E-state index in [1.165, 1.54) is 48.8 Å². The van der Waals surface area contributed by atoms with Crippen LogP contribution in [0.15, 0.2) is 48.5 Å². The molecule has 31 heavy (non-hydrogen) atoms. The Morgan fingerprint density at radius 3 is 2.52 bits per heavy atom. The highest BCUT2D eigenvalue weighted by molar-refractivity contribution is 5.85. The molecular weight excluding hydrogens is 410 g/mol. The summed E-state index contributed by atoms with van der Waals surface area (Å²) in [6.07, 6.45) is 8.66. The van der Waals surface area contributed by atoms with Crippen molar-refractivity contribution in [1.29, 1.82) is 0 Å². The van der Waals surface area contributed by atoms with E-state index in [4.69, 9.17) is 9.84 Å². The second-order valence-electron chi connectivity index (χ2n) is 9.02. The monoisotopic (exact) mass is 443 g/mol. The smallest absolute Gasteiger partial charge is 0.317 e. The maximum atomic E-state index is 11.1. The van der Waals surface area contributed by atoms with Gasteiger partial charge in [0.25, 0.3) is 0 Å². The van der Waals surface area contributed by atoms with Crippen LogP contribution in [0.25, 0.3) is 0 Å². The summed E-state index contributed by atoms with van der Waals surface area (Å²) >= 11 is 0. The number of fused-ring (bicyclic) bond motifs is 1. The van der Waals surface area contributed by atoms with Crippen LogP contribution >= 0.6 is 12.4 Å². The third-order valence-electron chi connectivity index (χ3n) is 6.67. The fourth-order valence-electron chi connectivity index (χ4n) is 5.32. The number of carboxylic acids is 1. The maximum absolute atomic E-state index is 11.1.